The molecule has 1 atom stereocenters. The molecule has 0 aliphatic heterocycles. The Morgan fingerprint density at radius 1 is 1.07 bits per heavy atom. The molecule has 14 heavy (non-hydrogen) atoms. The summed E-state index contributed by atoms with van der Waals surface area (Å²) >= 11 is 1.55. The van der Waals surface area contributed by atoms with Crippen molar-refractivity contribution in [2.45, 2.75) is 31.6 Å². The van der Waals surface area contributed by atoms with Crippen LogP contribution in [0.2, 0.25) is 0 Å². The zero-order valence-electron chi connectivity index (χ0n) is 7.89. The van der Waals surface area contributed by atoms with Gasteiger partial charge in [-0.3, -0.25) is 0 Å². The zero-order valence-corrected chi connectivity index (χ0v) is 10.3. The van der Waals surface area contributed by atoms with Crippen molar-refractivity contribution >= 4 is 21.2 Å². The fraction of sp³-hybridized carbons (Fsp3) is 0.455. The van der Waals surface area contributed by atoms with Crippen molar-refractivity contribution < 1.29 is 8.78 Å². The average molecular weight is 258 g/mol. The predicted octanol–water partition coefficient (Wildman–Crippen LogP) is 1.46. The van der Waals surface area contributed by atoms with Crippen molar-refractivity contribution in [1.82, 2.24) is 0 Å². The molecule has 0 amide bonds. The Hall–Kier alpha value is -0.362. The van der Waals surface area contributed by atoms with Gasteiger partial charge in [-0.1, -0.05) is 0 Å². The summed E-state index contributed by atoms with van der Waals surface area (Å²) in [5.41, 5.74) is 2.24. The van der Waals surface area contributed by atoms with Gasteiger partial charge in [0.25, 0.3) is 0 Å². The molecule has 0 nitrogen and oxygen atoms in total. The van der Waals surface area contributed by atoms with Gasteiger partial charge in [0.1, 0.15) is 0 Å². The van der Waals surface area contributed by atoms with Gasteiger partial charge in [0, 0.05) is 0 Å². The number of hydrogen-bond donors (Lipinski definition) is 0. The van der Waals surface area contributed by atoms with Crippen molar-refractivity contribution in [2.24, 2.45) is 0 Å². The molecule has 0 spiro atoms. The van der Waals surface area contributed by atoms with E-state index in [1.54, 1.807) is 16.9 Å². The summed E-state index contributed by atoms with van der Waals surface area (Å²) < 4.78 is 27.5. The fourth-order valence-corrected chi connectivity index (χ4v) is 2.51. The van der Waals surface area contributed by atoms with E-state index < -0.39 is 5.92 Å². The average Bonchev–Trinajstić information content (AvgIpc) is 2.26. The van der Waals surface area contributed by atoms with Crippen molar-refractivity contribution in [1.29, 1.82) is 0 Å². The fourth-order valence-electron chi connectivity index (χ4n) is 1.88. The van der Waals surface area contributed by atoms with E-state index in [9.17, 15) is 8.78 Å². The van der Waals surface area contributed by atoms with Crippen LogP contribution in [0.3, 0.4) is 0 Å². The van der Waals surface area contributed by atoms with E-state index in [4.69, 9.17) is 0 Å². The van der Waals surface area contributed by atoms with Crippen LogP contribution in [-0.4, -0.2) is 22.8 Å². The van der Waals surface area contributed by atoms with Gasteiger partial charge in [0.2, 0.25) is 0 Å². The van der Waals surface area contributed by atoms with E-state index >= 15 is 0 Å². The number of aryl methyl sites for hydroxylation is 2. The van der Waals surface area contributed by atoms with Crippen molar-refractivity contribution in [2.75, 3.05) is 0 Å². The topological polar surface area (TPSA) is 0 Å². The van der Waals surface area contributed by atoms with E-state index in [0.29, 0.717) is 12.8 Å². The Balaban J connectivity index is 2.30. The third-order valence-corrected chi connectivity index (χ3v) is 3.50. The molecule has 1 unspecified atom stereocenters. The number of benzene rings is 1. The zero-order chi connectivity index (χ0) is 10.2. The Morgan fingerprint density at radius 2 is 1.71 bits per heavy atom. The first-order valence-electron chi connectivity index (χ1n) is 4.82. The van der Waals surface area contributed by atoms with Gasteiger partial charge in [-0.05, 0) is 0 Å². The molecule has 76 valence electrons. The van der Waals surface area contributed by atoms with E-state index in [2.05, 4.69) is 6.07 Å². The second-order valence-electron chi connectivity index (χ2n) is 3.88. The Morgan fingerprint density at radius 3 is 2.43 bits per heavy atom. The second-order valence-corrected chi connectivity index (χ2v) is 5.28. The predicted molar refractivity (Wildman–Crippen MR) is 56.2 cm³/mol. The van der Waals surface area contributed by atoms with Crippen LogP contribution in [0.15, 0.2) is 18.2 Å². The number of halogens is 2. The first kappa shape index (κ1) is 10.2. The van der Waals surface area contributed by atoms with Crippen LogP contribution in [0, 0.1) is 0 Å². The molecule has 0 fully saturated rings. The Kier molecular flexibility index (Phi) is 2.66. The van der Waals surface area contributed by atoms with Gasteiger partial charge in [-0.2, -0.15) is 0 Å². The molecule has 0 N–H and O–H groups in total. The van der Waals surface area contributed by atoms with Crippen molar-refractivity contribution in [3.05, 3.63) is 29.3 Å². The van der Waals surface area contributed by atoms with E-state index in [1.807, 2.05) is 12.1 Å². The minimum atomic E-state index is -2.46. The van der Waals surface area contributed by atoms with Gasteiger partial charge < -0.3 is 0 Å². The van der Waals surface area contributed by atoms with E-state index in [1.165, 1.54) is 4.35 Å². The molecular formula is C11H13AsF2. The third-order valence-electron chi connectivity index (χ3n) is 2.75. The Bertz CT molecular complexity index is 347. The summed E-state index contributed by atoms with van der Waals surface area (Å²) in [4.78, 5) is 0. The van der Waals surface area contributed by atoms with Gasteiger partial charge in [0.15, 0.2) is 0 Å². The molecule has 1 aromatic rings. The molecule has 0 saturated carbocycles. The maximum absolute atomic E-state index is 13.1. The van der Waals surface area contributed by atoms with Crippen LogP contribution in [0.5, 0.6) is 0 Å². The van der Waals surface area contributed by atoms with Crippen molar-refractivity contribution in [3.8, 4) is 0 Å². The molecule has 0 aromatic heterocycles. The molecule has 1 aliphatic carbocycles. The first-order valence-corrected chi connectivity index (χ1v) is 6.03. The molecule has 0 radical (unpaired) electrons. The normalized spacial score (nSPS) is 19.9. The number of fused-ring (bicyclic) bond motifs is 1. The molecular weight excluding hydrogens is 245 g/mol. The van der Waals surface area contributed by atoms with Crippen LogP contribution in [0.4, 0.5) is 8.78 Å². The van der Waals surface area contributed by atoms with Crippen LogP contribution < -0.4 is 4.35 Å². The van der Waals surface area contributed by atoms with E-state index in [-0.39, 0.29) is 12.8 Å². The summed E-state index contributed by atoms with van der Waals surface area (Å²) in [6.45, 7) is 0. The molecule has 1 aliphatic rings. The van der Waals surface area contributed by atoms with Crippen molar-refractivity contribution in [3.63, 3.8) is 0 Å². The van der Waals surface area contributed by atoms with Gasteiger partial charge in [-0.25, -0.2) is 0 Å². The molecule has 0 bridgehead atoms. The van der Waals surface area contributed by atoms with Crippen LogP contribution in [0.25, 0.3) is 0 Å². The minimum absolute atomic E-state index is 0.00814. The quantitative estimate of drug-likeness (QED) is 0.488. The summed E-state index contributed by atoms with van der Waals surface area (Å²) in [7, 11) is 0. The monoisotopic (exact) mass is 258 g/mol. The molecule has 1 aromatic carbocycles. The summed E-state index contributed by atoms with van der Waals surface area (Å²) in [6.07, 6.45) is 1.07. The van der Waals surface area contributed by atoms with E-state index in [0.717, 1.165) is 11.1 Å². The molecule has 0 saturated heterocycles. The summed E-state index contributed by atoms with van der Waals surface area (Å²) in [5.74, 6) is -2.46. The van der Waals surface area contributed by atoms with Gasteiger partial charge in [-0.15, -0.1) is 0 Å². The second kappa shape index (κ2) is 3.66. The Labute approximate surface area is 91.2 Å². The summed E-state index contributed by atoms with van der Waals surface area (Å²) in [5, 5.41) is 0. The van der Waals surface area contributed by atoms with Gasteiger partial charge in [0.05, 0.1) is 0 Å². The third kappa shape index (κ3) is 2.17. The number of alkyl halides is 2. The van der Waals surface area contributed by atoms with Crippen LogP contribution in [-0.2, 0) is 12.8 Å². The SMILES string of the molecule is FC1(F)CCc2ccc([AsH2])cc2CC1. The standard InChI is InChI=1S/C11H13AsF2/c12-10-2-1-8-3-5-11(13,14)6-4-9(8)7-10/h1-2,7H,3-6,12H2. The van der Waals surface area contributed by atoms with Crippen LogP contribution in [0.1, 0.15) is 24.0 Å². The van der Waals surface area contributed by atoms with Crippen LogP contribution >= 0.6 is 0 Å². The summed E-state index contributed by atoms with van der Waals surface area (Å²) in [6, 6.07) is 6.10. The molecule has 0 heterocycles. The van der Waals surface area contributed by atoms with Gasteiger partial charge >= 0.3 is 90.9 Å². The molecule has 2 rings (SSSR count). The first-order chi connectivity index (χ1) is 6.57. The number of rotatable bonds is 0. The molecule has 3 heteroatoms. The number of hydrogen-bond acceptors (Lipinski definition) is 0. The maximum atomic E-state index is 13.1.